The molecule has 0 bridgehead atoms. The minimum atomic E-state index is -0.701. The van der Waals surface area contributed by atoms with Crippen molar-refractivity contribution in [3.05, 3.63) is 93.5 Å². The van der Waals surface area contributed by atoms with E-state index in [1.807, 2.05) is 36.4 Å². The summed E-state index contributed by atoms with van der Waals surface area (Å²) in [7, 11) is 0. The zero-order chi connectivity index (χ0) is 22.6. The first kappa shape index (κ1) is 22.9. The highest BCUT2D eigenvalue weighted by Gasteiger charge is 2.43. The van der Waals surface area contributed by atoms with Gasteiger partial charge in [0.05, 0.1) is 6.07 Å². The Balaban J connectivity index is 1.39. The summed E-state index contributed by atoms with van der Waals surface area (Å²) >= 11 is 12.7. The predicted molar refractivity (Wildman–Crippen MR) is 134 cm³/mol. The molecule has 0 radical (unpaired) electrons. The van der Waals surface area contributed by atoms with Crippen LogP contribution in [-0.2, 0) is 11.8 Å². The van der Waals surface area contributed by atoms with Crippen LogP contribution in [0.2, 0.25) is 10.0 Å². The average Bonchev–Trinajstić information content (AvgIpc) is 3.06. The van der Waals surface area contributed by atoms with Crippen LogP contribution in [0.5, 0.6) is 0 Å². The van der Waals surface area contributed by atoms with Crippen LogP contribution in [0.3, 0.4) is 0 Å². The van der Waals surface area contributed by atoms with Gasteiger partial charge < -0.3 is 5.32 Å². The third-order valence-corrected chi connectivity index (χ3v) is 7.00. The molecule has 0 aromatic heterocycles. The van der Waals surface area contributed by atoms with Crippen molar-refractivity contribution in [2.75, 3.05) is 6.54 Å². The van der Waals surface area contributed by atoms with E-state index < -0.39 is 5.41 Å². The number of nitrogens with zero attached hydrogens (tertiary/aromatic N) is 1. The lowest BCUT2D eigenvalue weighted by molar-refractivity contribution is 0.459. The second kappa shape index (κ2) is 10.1. The summed E-state index contributed by atoms with van der Waals surface area (Å²) in [6.45, 7) is 3.22. The van der Waals surface area contributed by atoms with Gasteiger partial charge in [-0.1, -0.05) is 65.7 Å². The number of benzene rings is 3. The van der Waals surface area contributed by atoms with Crippen molar-refractivity contribution in [1.82, 2.24) is 5.32 Å². The molecule has 164 valence electrons. The van der Waals surface area contributed by atoms with Gasteiger partial charge >= 0.3 is 0 Å². The van der Waals surface area contributed by atoms with Gasteiger partial charge in [0, 0.05) is 16.1 Å². The first-order chi connectivity index (χ1) is 15.5. The number of halogens is 2. The zero-order valence-electron chi connectivity index (χ0n) is 18.4. The number of rotatable bonds is 9. The summed E-state index contributed by atoms with van der Waals surface area (Å²) in [6.07, 6.45) is 4.92. The lowest BCUT2D eigenvalue weighted by Crippen LogP contribution is -2.29. The van der Waals surface area contributed by atoms with E-state index in [-0.39, 0.29) is 0 Å². The molecule has 0 fully saturated rings. The molecular weight excluding hydrogens is 435 g/mol. The minimum absolute atomic E-state index is 0.403. The van der Waals surface area contributed by atoms with Crippen molar-refractivity contribution < 1.29 is 0 Å². The van der Waals surface area contributed by atoms with Gasteiger partial charge in [-0.15, -0.1) is 0 Å². The van der Waals surface area contributed by atoms with Gasteiger partial charge in [0.1, 0.15) is 5.41 Å². The van der Waals surface area contributed by atoms with E-state index in [2.05, 4.69) is 48.6 Å². The van der Waals surface area contributed by atoms with Crippen LogP contribution in [0.1, 0.15) is 49.3 Å². The Morgan fingerprint density at radius 2 is 1.53 bits per heavy atom. The zero-order valence-corrected chi connectivity index (χ0v) is 19.9. The summed E-state index contributed by atoms with van der Waals surface area (Å²) < 4.78 is 0. The molecule has 1 unspecified atom stereocenters. The minimum Gasteiger partial charge on any atom is -0.314 e. The van der Waals surface area contributed by atoms with E-state index in [0.717, 1.165) is 60.9 Å². The molecule has 0 amide bonds. The smallest absolute Gasteiger partial charge is 0.108 e. The quantitative estimate of drug-likeness (QED) is 0.332. The summed E-state index contributed by atoms with van der Waals surface area (Å²) in [4.78, 5) is 0. The van der Waals surface area contributed by atoms with Crippen LogP contribution < -0.4 is 5.32 Å². The second-order valence-corrected chi connectivity index (χ2v) is 9.61. The Bertz CT molecular complexity index is 1070. The molecule has 1 N–H and O–H groups in total. The topological polar surface area (TPSA) is 35.8 Å². The van der Waals surface area contributed by atoms with Gasteiger partial charge in [-0.25, -0.2) is 0 Å². The van der Waals surface area contributed by atoms with Crippen LogP contribution in [-0.4, -0.2) is 12.6 Å². The summed E-state index contributed by atoms with van der Waals surface area (Å²) in [5, 5.41) is 15.4. The molecule has 1 aliphatic carbocycles. The van der Waals surface area contributed by atoms with Crippen LogP contribution in [0, 0.1) is 11.3 Å². The third-order valence-electron chi connectivity index (χ3n) is 6.53. The van der Waals surface area contributed by atoms with Crippen molar-refractivity contribution in [3.63, 3.8) is 0 Å². The Hall–Kier alpha value is -2.31. The van der Waals surface area contributed by atoms with Crippen LogP contribution in [0.25, 0.3) is 11.1 Å². The van der Waals surface area contributed by atoms with Crippen molar-refractivity contribution >= 4 is 23.2 Å². The average molecular weight is 463 g/mol. The maximum absolute atomic E-state index is 10.4. The van der Waals surface area contributed by atoms with E-state index in [0.29, 0.717) is 16.1 Å². The Kier molecular flexibility index (Phi) is 7.21. The molecule has 4 heteroatoms. The summed E-state index contributed by atoms with van der Waals surface area (Å²) in [6, 6.07) is 25.4. The van der Waals surface area contributed by atoms with Gasteiger partial charge in [0.2, 0.25) is 0 Å². The number of fused-ring (bicyclic) bond motifs is 3. The Morgan fingerprint density at radius 1 is 0.906 bits per heavy atom. The van der Waals surface area contributed by atoms with E-state index in [1.165, 1.54) is 5.56 Å². The van der Waals surface area contributed by atoms with Gasteiger partial charge in [-0.2, -0.15) is 5.26 Å². The first-order valence-electron chi connectivity index (χ1n) is 11.3. The standard InChI is InChI=1S/C28H28Cl2N2/c1-20(32-16-6-10-21-8-3-2-4-9-21)7-5-15-28(19-31)26-17-22(29)11-13-24(26)25-14-12-23(30)18-27(25)28/h2-4,8-9,11-14,17-18,20,32H,5-7,10,15-16H2,1H3. The van der Waals surface area contributed by atoms with Crippen molar-refractivity contribution in [2.45, 2.75) is 50.5 Å². The molecule has 4 rings (SSSR count). The molecule has 1 atom stereocenters. The molecule has 3 aromatic rings. The van der Waals surface area contributed by atoms with E-state index in [9.17, 15) is 5.26 Å². The number of nitriles is 1. The largest absolute Gasteiger partial charge is 0.314 e. The lowest BCUT2D eigenvalue weighted by Gasteiger charge is -2.25. The lowest BCUT2D eigenvalue weighted by atomic mass is 9.75. The maximum Gasteiger partial charge on any atom is 0.108 e. The summed E-state index contributed by atoms with van der Waals surface area (Å²) in [5.74, 6) is 0. The van der Waals surface area contributed by atoms with E-state index >= 15 is 0 Å². The SMILES string of the molecule is CC(CCCC1(C#N)c2cc(Cl)ccc2-c2ccc(Cl)cc21)NCCCc1ccccc1. The van der Waals surface area contributed by atoms with Gasteiger partial charge in [0.25, 0.3) is 0 Å². The Morgan fingerprint density at radius 3 is 2.12 bits per heavy atom. The van der Waals surface area contributed by atoms with Gasteiger partial charge in [-0.05, 0) is 97.7 Å². The van der Waals surface area contributed by atoms with Crippen LogP contribution in [0.4, 0.5) is 0 Å². The van der Waals surface area contributed by atoms with Crippen LogP contribution >= 0.6 is 23.2 Å². The number of aryl methyl sites for hydroxylation is 1. The van der Waals surface area contributed by atoms with Crippen LogP contribution in [0.15, 0.2) is 66.7 Å². The van der Waals surface area contributed by atoms with Gasteiger partial charge in [-0.3, -0.25) is 0 Å². The second-order valence-electron chi connectivity index (χ2n) is 8.73. The highest BCUT2D eigenvalue weighted by molar-refractivity contribution is 6.31. The fourth-order valence-corrected chi connectivity index (χ4v) is 5.20. The molecular formula is C28H28Cl2N2. The molecule has 32 heavy (non-hydrogen) atoms. The first-order valence-corrected chi connectivity index (χ1v) is 12.1. The molecule has 0 saturated heterocycles. The number of hydrogen-bond acceptors (Lipinski definition) is 2. The third kappa shape index (κ3) is 4.71. The van der Waals surface area contributed by atoms with Crippen molar-refractivity contribution in [1.29, 1.82) is 5.26 Å². The maximum atomic E-state index is 10.4. The highest BCUT2D eigenvalue weighted by atomic mass is 35.5. The van der Waals surface area contributed by atoms with E-state index in [4.69, 9.17) is 23.2 Å². The normalized spacial score (nSPS) is 14.4. The molecule has 3 aromatic carbocycles. The molecule has 2 nitrogen and oxygen atoms in total. The monoisotopic (exact) mass is 462 g/mol. The number of hydrogen-bond donors (Lipinski definition) is 1. The predicted octanol–water partition coefficient (Wildman–Crippen LogP) is 7.56. The fraction of sp³-hybridized carbons (Fsp3) is 0.321. The van der Waals surface area contributed by atoms with Gasteiger partial charge in [0.15, 0.2) is 0 Å². The fourth-order valence-electron chi connectivity index (χ4n) is 4.86. The number of nitrogens with one attached hydrogen (secondary N) is 1. The van der Waals surface area contributed by atoms with Crippen molar-refractivity contribution in [3.8, 4) is 17.2 Å². The molecule has 0 heterocycles. The summed E-state index contributed by atoms with van der Waals surface area (Å²) in [5.41, 5.74) is 4.88. The molecule has 0 saturated carbocycles. The Labute approximate surface area is 201 Å². The molecule has 1 aliphatic rings. The molecule has 0 aliphatic heterocycles. The van der Waals surface area contributed by atoms with E-state index in [1.54, 1.807) is 0 Å². The van der Waals surface area contributed by atoms with Crippen molar-refractivity contribution in [2.24, 2.45) is 0 Å². The highest BCUT2D eigenvalue weighted by Crippen LogP contribution is 2.52. The molecule has 0 spiro atoms.